The smallest absolute Gasteiger partial charge is 0.307 e. The summed E-state index contributed by atoms with van der Waals surface area (Å²) in [5.74, 6) is 1.41. The molecule has 4 heteroatoms. The van der Waals surface area contributed by atoms with Crippen molar-refractivity contribution in [1.82, 2.24) is 4.90 Å². The van der Waals surface area contributed by atoms with Gasteiger partial charge >= 0.3 is 5.97 Å². The maximum Gasteiger partial charge on any atom is 0.307 e. The van der Waals surface area contributed by atoms with E-state index in [2.05, 4.69) is 0 Å². The number of ether oxygens (including phenoxy) is 2. The van der Waals surface area contributed by atoms with Crippen molar-refractivity contribution >= 4 is 5.97 Å². The predicted octanol–water partition coefficient (Wildman–Crippen LogP) is 3.81. The molecule has 0 radical (unpaired) electrons. The van der Waals surface area contributed by atoms with Crippen molar-refractivity contribution in [3.8, 4) is 11.5 Å². The number of rotatable bonds is 5. The van der Waals surface area contributed by atoms with Gasteiger partial charge in [0.2, 0.25) is 0 Å². The van der Waals surface area contributed by atoms with Crippen molar-refractivity contribution in [3.05, 3.63) is 59.7 Å². The minimum atomic E-state index is -0.180. The monoisotopic (exact) mass is 325 g/mol. The summed E-state index contributed by atoms with van der Waals surface area (Å²) in [4.78, 5) is 14.5. The van der Waals surface area contributed by atoms with Crippen molar-refractivity contribution in [1.29, 1.82) is 0 Å². The van der Waals surface area contributed by atoms with Gasteiger partial charge in [-0.1, -0.05) is 36.4 Å². The van der Waals surface area contributed by atoms with E-state index in [-0.39, 0.29) is 18.0 Å². The Morgan fingerprint density at radius 2 is 1.62 bits per heavy atom. The lowest BCUT2D eigenvalue weighted by molar-refractivity contribution is -0.149. The lowest BCUT2D eigenvalue weighted by Gasteiger charge is -2.28. The summed E-state index contributed by atoms with van der Waals surface area (Å²) >= 11 is 0. The number of benzene rings is 2. The van der Waals surface area contributed by atoms with Crippen LogP contribution in [0.25, 0.3) is 0 Å². The summed E-state index contributed by atoms with van der Waals surface area (Å²) in [5, 5.41) is 0. The van der Waals surface area contributed by atoms with Gasteiger partial charge in [0, 0.05) is 23.6 Å². The molecular weight excluding hydrogens is 302 g/mol. The zero-order valence-corrected chi connectivity index (χ0v) is 14.4. The molecule has 2 aromatic rings. The first-order valence-corrected chi connectivity index (χ1v) is 8.24. The fourth-order valence-corrected chi connectivity index (χ4v) is 3.22. The van der Waals surface area contributed by atoms with Crippen LogP contribution < -0.4 is 4.74 Å². The Morgan fingerprint density at radius 1 is 1.08 bits per heavy atom. The van der Waals surface area contributed by atoms with Crippen molar-refractivity contribution < 1.29 is 14.3 Å². The molecule has 1 unspecified atom stereocenters. The van der Waals surface area contributed by atoms with Crippen LogP contribution in [0.3, 0.4) is 0 Å². The van der Waals surface area contributed by atoms with Crippen LogP contribution in [0.4, 0.5) is 0 Å². The lowest BCUT2D eigenvalue weighted by atomic mass is 9.85. The summed E-state index contributed by atoms with van der Waals surface area (Å²) in [5.41, 5.74) is 2.07. The zero-order valence-electron chi connectivity index (χ0n) is 14.4. The Bertz CT molecular complexity index is 681. The summed E-state index contributed by atoms with van der Waals surface area (Å²) in [7, 11) is 3.94. The van der Waals surface area contributed by atoms with Gasteiger partial charge in [-0.3, -0.25) is 4.79 Å². The molecule has 0 saturated carbocycles. The van der Waals surface area contributed by atoms with Gasteiger partial charge in [-0.25, -0.2) is 0 Å². The number of carbonyl (C=O) groups is 1. The number of nitrogens with zero attached hydrogens (tertiary/aromatic N) is 1. The third-order valence-electron chi connectivity index (χ3n) is 4.13. The minimum absolute atomic E-state index is 0.0368. The maximum atomic E-state index is 12.4. The molecule has 1 aliphatic rings. The van der Waals surface area contributed by atoms with Gasteiger partial charge in [0.15, 0.2) is 0 Å². The largest absolute Gasteiger partial charge is 0.461 e. The molecule has 1 aliphatic heterocycles. The fourth-order valence-electron chi connectivity index (χ4n) is 3.22. The molecule has 0 N–H and O–H groups in total. The number of para-hydroxylation sites is 2. The predicted molar refractivity (Wildman–Crippen MR) is 93.5 cm³/mol. The first-order valence-electron chi connectivity index (χ1n) is 8.24. The maximum absolute atomic E-state index is 12.4. The highest BCUT2D eigenvalue weighted by molar-refractivity contribution is 5.73. The van der Waals surface area contributed by atoms with E-state index < -0.39 is 0 Å². The van der Waals surface area contributed by atoms with Crippen molar-refractivity contribution in [2.75, 3.05) is 20.6 Å². The normalized spacial score (nSPS) is 14.5. The molecule has 2 aromatic carbocycles. The molecule has 24 heavy (non-hydrogen) atoms. The highest BCUT2D eigenvalue weighted by atomic mass is 16.5. The SMILES string of the molecule is CC(CN(C)C)OC(=O)CC1c2ccccc2Oc2ccccc21. The molecule has 0 spiro atoms. The van der Waals surface area contributed by atoms with Crippen LogP contribution in [0.5, 0.6) is 11.5 Å². The van der Waals surface area contributed by atoms with Gasteiger partial charge in [0.1, 0.15) is 17.6 Å². The third kappa shape index (κ3) is 3.60. The number of hydrogen-bond acceptors (Lipinski definition) is 4. The molecule has 0 aliphatic carbocycles. The van der Waals surface area contributed by atoms with Gasteiger partial charge in [-0.15, -0.1) is 0 Å². The molecule has 0 aromatic heterocycles. The Hall–Kier alpha value is -2.33. The van der Waals surface area contributed by atoms with E-state index in [1.165, 1.54) is 0 Å². The van der Waals surface area contributed by atoms with Crippen molar-refractivity contribution in [3.63, 3.8) is 0 Å². The molecule has 1 heterocycles. The van der Waals surface area contributed by atoms with E-state index in [0.29, 0.717) is 13.0 Å². The molecule has 126 valence electrons. The molecule has 4 nitrogen and oxygen atoms in total. The highest BCUT2D eigenvalue weighted by Gasteiger charge is 2.29. The van der Waals surface area contributed by atoms with E-state index in [4.69, 9.17) is 9.47 Å². The molecule has 1 atom stereocenters. The Labute approximate surface area is 143 Å². The van der Waals surface area contributed by atoms with Crippen LogP contribution in [0, 0.1) is 0 Å². The first-order chi connectivity index (χ1) is 11.5. The van der Waals surface area contributed by atoms with E-state index >= 15 is 0 Å². The van der Waals surface area contributed by atoms with Gasteiger partial charge in [-0.05, 0) is 33.2 Å². The van der Waals surface area contributed by atoms with E-state index in [0.717, 1.165) is 22.6 Å². The zero-order chi connectivity index (χ0) is 17.1. The topological polar surface area (TPSA) is 38.8 Å². The molecule has 0 bridgehead atoms. The standard InChI is InChI=1S/C20H23NO3/c1-14(13-21(2)3)23-20(22)12-17-15-8-4-6-10-18(15)24-19-11-7-5-9-16(17)19/h4-11,14,17H,12-13H2,1-3H3. The summed E-state index contributed by atoms with van der Waals surface area (Å²) in [6, 6.07) is 15.8. The second kappa shape index (κ2) is 7.05. The molecule has 3 rings (SSSR count). The number of fused-ring (bicyclic) bond motifs is 2. The number of likely N-dealkylation sites (N-methyl/N-ethyl adjacent to an activating group) is 1. The lowest BCUT2D eigenvalue weighted by Crippen LogP contribution is -2.28. The first kappa shape index (κ1) is 16.5. The molecule has 0 saturated heterocycles. The number of hydrogen-bond donors (Lipinski definition) is 0. The van der Waals surface area contributed by atoms with Crippen LogP contribution in [-0.2, 0) is 9.53 Å². The molecular formula is C20H23NO3. The van der Waals surface area contributed by atoms with Crippen LogP contribution in [0.15, 0.2) is 48.5 Å². The molecule has 0 fully saturated rings. The van der Waals surface area contributed by atoms with E-state index in [1.54, 1.807) is 0 Å². The quantitative estimate of drug-likeness (QED) is 0.784. The van der Waals surface area contributed by atoms with Gasteiger partial charge < -0.3 is 14.4 Å². The summed E-state index contributed by atoms with van der Waals surface area (Å²) in [6.45, 7) is 2.64. The van der Waals surface area contributed by atoms with Crippen LogP contribution in [-0.4, -0.2) is 37.6 Å². The van der Waals surface area contributed by atoms with Gasteiger partial charge in [0.25, 0.3) is 0 Å². The highest BCUT2D eigenvalue weighted by Crippen LogP contribution is 2.45. The Morgan fingerprint density at radius 3 is 2.17 bits per heavy atom. The molecule has 0 amide bonds. The van der Waals surface area contributed by atoms with Crippen molar-refractivity contribution in [2.24, 2.45) is 0 Å². The van der Waals surface area contributed by atoms with Crippen LogP contribution >= 0.6 is 0 Å². The van der Waals surface area contributed by atoms with Crippen molar-refractivity contribution in [2.45, 2.75) is 25.4 Å². The third-order valence-corrected chi connectivity index (χ3v) is 4.13. The average molecular weight is 325 g/mol. The van der Waals surface area contributed by atoms with E-state index in [9.17, 15) is 4.79 Å². The Balaban J connectivity index is 1.81. The summed E-state index contributed by atoms with van der Waals surface area (Å²) < 4.78 is 11.5. The number of esters is 1. The second-order valence-corrected chi connectivity index (χ2v) is 6.50. The Kier molecular flexibility index (Phi) is 4.86. The summed E-state index contributed by atoms with van der Waals surface area (Å²) in [6.07, 6.45) is 0.188. The van der Waals surface area contributed by atoms with Crippen LogP contribution in [0.2, 0.25) is 0 Å². The minimum Gasteiger partial charge on any atom is -0.461 e. The average Bonchev–Trinajstić information content (AvgIpc) is 2.53. The van der Waals surface area contributed by atoms with Gasteiger partial charge in [0.05, 0.1) is 6.42 Å². The van der Waals surface area contributed by atoms with E-state index in [1.807, 2.05) is 74.4 Å². The second-order valence-electron chi connectivity index (χ2n) is 6.50. The van der Waals surface area contributed by atoms with Gasteiger partial charge in [-0.2, -0.15) is 0 Å². The number of carbonyl (C=O) groups excluding carboxylic acids is 1. The van der Waals surface area contributed by atoms with Crippen LogP contribution in [0.1, 0.15) is 30.4 Å². The fraction of sp³-hybridized carbons (Fsp3) is 0.350.